The zero-order valence-corrected chi connectivity index (χ0v) is 12.0. The van der Waals surface area contributed by atoms with Gasteiger partial charge in [-0.15, -0.1) is 0 Å². The van der Waals surface area contributed by atoms with Crippen LogP contribution in [-0.2, 0) is 14.3 Å². The van der Waals surface area contributed by atoms with Crippen LogP contribution in [0.4, 0.5) is 0 Å². The summed E-state index contributed by atoms with van der Waals surface area (Å²) in [6.45, 7) is 4.08. The fourth-order valence-corrected chi connectivity index (χ4v) is 1.85. The predicted octanol–water partition coefficient (Wildman–Crippen LogP) is 2.45. The summed E-state index contributed by atoms with van der Waals surface area (Å²) in [4.78, 5) is 11.9. The molecule has 1 N–H and O–H groups in total. The molecule has 1 aromatic carbocycles. The van der Waals surface area contributed by atoms with Crippen molar-refractivity contribution in [2.24, 2.45) is 0 Å². The Hall–Kier alpha value is -0.910. The van der Waals surface area contributed by atoms with E-state index in [0.717, 1.165) is 4.47 Å². The normalized spacial score (nSPS) is 14.0. The number of rotatable bonds is 6. The quantitative estimate of drug-likeness (QED) is 0.647. The van der Waals surface area contributed by atoms with Crippen molar-refractivity contribution in [3.8, 4) is 0 Å². The second-order valence-corrected chi connectivity index (χ2v) is 4.54. The van der Waals surface area contributed by atoms with Crippen LogP contribution in [0, 0.1) is 0 Å². The summed E-state index contributed by atoms with van der Waals surface area (Å²) in [5.41, 5.74) is 0.664. The Balaban J connectivity index is 2.95. The molecule has 0 fully saturated rings. The number of hydrogen-bond donors (Lipinski definition) is 1. The minimum Gasteiger partial charge on any atom is -0.465 e. The molecule has 0 aliphatic carbocycles. The number of benzene rings is 1. The van der Waals surface area contributed by atoms with Gasteiger partial charge in [-0.05, 0) is 31.5 Å². The van der Waals surface area contributed by atoms with Crippen LogP contribution in [-0.4, -0.2) is 30.6 Å². The van der Waals surface area contributed by atoms with Gasteiger partial charge in [0.1, 0.15) is 5.92 Å². The number of carbonyl (C=O) groups excluding carboxylic acids is 1. The van der Waals surface area contributed by atoms with Crippen molar-refractivity contribution in [3.05, 3.63) is 34.3 Å². The average Bonchev–Trinajstić information content (AvgIpc) is 2.33. The van der Waals surface area contributed by atoms with Crippen molar-refractivity contribution in [2.45, 2.75) is 26.1 Å². The second-order valence-electron chi connectivity index (χ2n) is 3.63. The molecule has 100 valence electrons. The van der Waals surface area contributed by atoms with Gasteiger partial charge in [-0.3, -0.25) is 4.79 Å². The van der Waals surface area contributed by atoms with Crippen molar-refractivity contribution in [3.63, 3.8) is 0 Å². The highest BCUT2D eigenvalue weighted by Gasteiger charge is 2.30. The molecule has 0 aliphatic heterocycles. The lowest BCUT2D eigenvalue weighted by atomic mass is 9.98. The molecule has 0 saturated carbocycles. The molecular formula is C13H17BrO4. The lowest BCUT2D eigenvalue weighted by Gasteiger charge is -2.21. The third-order valence-corrected chi connectivity index (χ3v) is 2.92. The Bertz CT molecular complexity index is 377. The summed E-state index contributed by atoms with van der Waals surface area (Å²) in [5.74, 6) is -1.31. The molecule has 0 saturated heterocycles. The number of hydrogen-bond acceptors (Lipinski definition) is 4. The number of halogens is 1. The highest BCUT2D eigenvalue weighted by molar-refractivity contribution is 9.10. The van der Waals surface area contributed by atoms with Crippen molar-refractivity contribution >= 4 is 21.9 Å². The van der Waals surface area contributed by atoms with Crippen LogP contribution in [0.5, 0.6) is 0 Å². The predicted molar refractivity (Wildman–Crippen MR) is 71.1 cm³/mol. The highest BCUT2D eigenvalue weighted by atomic mass is 79.9. The van der Waals surface area contributed by atoms with Gasteiger partial charge in [0.05, 0.1) is 6.61 Å². The maximum Gasteiger partial charge on any atom is 0.318 e. The lowest BCUT2D eigenvalue weighted by molar-refractivity contribution is -0.163. The first kappa shape index (κ1) is 15.1. The number of esters is 1. The molecule has 2 atom stereocenters. The van der Waals surface area contributed by atoms with Gasteiger partial charge in [0.25, 0.3) is 0 Å². The molecule has 0 radical (unpaired) electrons. The summed E-state index contributed by atoms with van der Waals surface area (Å²) in [5, 5.41) is 9.89. The minimum atomic E-state index is -1.20. The first-order valence-electron chi connectivity index (χ1n) is 5.81. The van der Waals surface area contributed by atoms with Gasteiger partial charge in [0.15, 0.2) is 6.29 Å². The summed E-state index contributed by atoms with van der Waals surface area (Å²) < 4.78 is 11.0. The van der Waals surface area contributed by atoms with E-state index in [2.05, 4.69) is 15.9 Å². The Morgan fingerprint density at radius 1 is 1.28 bits per heavy atom. The summed E-state index contributed by atoms with van der Waals surface area (Å²) >= 11 is 3.32. The van der Waals surface area contributed by atoms with E-state index in [4.69, 9.17) is 9.47 Å². The zero-order chi connectivity index (χ0) is 13.5. The highest BCUT2D eigenvalue weighted by Crippen LogP contribution is 2.24. The molecule has 5 heteroatoms. The van der Waals surface area contributed by atoms with E-state index in [-0.39, 0.29) is 6.61 Å². The lowest BCUT2D eigenvalue weighted by Crippen LogP contribution is -2.30. The number of ether oxygens (including phenoxy) is 2. The van der Waals surface area contributed by atoms with E-state index in [9.17, 15) is 9.90 Å². The number of aliphatic hydroxyl groups excluding tert-OH is 1. The van der Waals surface area contributed by atoms with E-state index in [1.54, 1.807) is 38.1 Å². The number of aliphatic hydroxyl groups is 1. The standard InChI is InChI=1S/C13H17BrO4/c1-3-17-12(15)11(13(16)18-4-2)9-5-7-10(14)8-6-9/h5-8,11-12,15H,3-4H2,1-2H3. The van der Waals surface area contributed by atoms with Crippen LogP contribution >= 0.6 is 15.9 Å². The van der Waals surface area contributed by atoms with Gasteiger partial charge in [0.2, 0.25) is 0 Å². The SMILES string of the molecule is CCOC(=O)C(c1ccc(Br)cc1)C(O)OCC. The maximum atomic E-state index is 11.9. The summed E-state index contributed by atoms with van der Waals surface area (Å²) in [6, 6.07) is 7.13. The second kappa shape index (κ2) is 7.51. The van der Waals surface area contributed by atoms with Crippen LogP contribution in [0.2, 0.25) is 0 Å². The topological polar surface area (TPSA) is 55.8 Å². The number of carbonyl (C=O) groups is 1. The molecule has 1 aromatic rings. The van der Waals surface area contributed by atoms with Crippen molar-refractivity contribution in [1.82, 2.24) is 0 Å². The fourth-order valence-electron chi connectivity index (χ4n) is 1.59. The monoisotopic (exact) mass is 316 g/mol. The molecule has 0 spiro atoms. The molecule has 0 amide bonds. The van der Waals surface area contributed by atoms with E-state index >= 15 is 0 Å². The zero-order valence-electron chi connectivity index (χ0n) is 10.4. The Kier molecular flexibility index (Phi) is 6.32. The van der Waals surface area contributed by atoms with Crippen LogP contribution in [0.1, 0.15) is 25.3 Å². The van der Waals surface area contributed by atoms with Gasteiger partial charge in [-0.1, -0.05) is 28.1 Å². The molecule has 18 heavy (non-hydrogen) atoms. The maximum absolute atomic E-state index is 11.9. The molecular weight excluding hydrogens is 300 g/mol. The van der Waals surface area contributed by atoms with E-state index in [1.807, 2.05) is 0 Å². The van der Waals surface area contributed by atoms with E-state index in [0.29, 0.717) is 12.2 Å². The van der Waals surface area contributed by atoms with Crippen molar-refractivity contribution in [2.75, 3.05) is 13.2 Å². The molecule has 0 bridgehead atoms. The molecule has 0 aromatic heterocycles. The van der Waals surface area contributed by atoms with Gasteiger partial charge in [-0.2, -0.15) is 0 Å². The van der Waals surface area contributed by atoms with Gasteiger partial charge >= 0.3 is 5.97 Å². The fraction of sp³-hybridized carbons (Fsp3) is 0.462. The van der Waals surface area contributed by atoms with Gasteiger partial charge < -0.3 is 14.6 Å². The molecule has 4 nitrogen and oxygen atoms in total. The third kappa shape index (κ3) is 4.08. The Morgan fingerprint density at radius 3 is 2.39 bits per heavy atom. The molecule has 1 rings (SSSR count). The Labute approximate surface area is 115 Å². The molecule has 2 unspecified atom stereocenters. The van der Waals surface area contributed by atoms with Crippen molar-refractivity contribution in [1.29, 1.82) is 0 Å². The largest absolute Gasteiger partial charge is 0.465 e. The summed E-state index contributed by atoms with van der Waals surface area (Å²) in [7, 11) is 0. The minimum absolute atomic E-state index is 0.269. The van der Waals surface area contributed by atoms with Crippen LogP contribution in [0.25, 0.3) is 0 Å². The van der Waals surface area contributed by atoms with Crippen LogP contribution in [0.3, 0.4) is 0 Å². The van der Waals surface area contributed by atoms with Crippen molar-refractivity contribution < 1.29 is 19.4 Å². The Morgan fingerprint density at radius 2 is 1.89 bits per heavy atom. The summed E-state index contributed by atoms with van der Waals surface area (Å²) in [6.07, 6.45) is -1.20. The van der Waals surface area contributed by atoms with Gasteiger partial charge in [0, 0.05) is 11.1 Å². The smallest absolute Gasteiger partial charge is 0.318 e. The van der Waals surface area contributed by atoms with Crippen LogP contribution < -0.4 is 0 Å². The van der Waals surface area contributed by atoms with Crippen LogP contribution in [0.15, 0.2) is 28.7 Å². The van der Waals surface area contributed by atoms with E-state index < -0.39 is 18.2 Å². The van der Waals surface area contributed by atoms with E-state index in [1.165, 1.54) is 0 Å². The first-order valence-corrected chi connectivity index (χ1v) is 6.61. The molecule has 0 aliphatic rings. The first-order chi connectivity index (χ1) is 8.60. The van der Waals surface area contributed by atoms with Gasteiger partial charge in [-0.25, -0.2) is 0 Å². The third-order valence-electron chi connectivity index (χ3n) is 2.39. The molecule has 0 heterocycles. The average molecular weight is 317 g/mol.